The van der Waals surface area contributed by atoms with Crippen LogP contribution in [0.2, 0.25) is 0 Å². The fraction of sp³-hybridized carbons (Fsp3) is 0.100. The van der Waals surface area contributed by atoms with Crippen molar-refractivity contribution >= 4 is 27.1 Å². The highest BCUT2D eigenvalue weighted by molar-refractivity contribution is 9.10. The maximum Gasteiger partial charge on any atom is 0.192 e. The Morgan fingerprint density at radius 3 is 3.00 bits per heavy atom. The van der Waals surface area contributed by atoms with E-state index in [-0.39, 0.29) is 0 Å². The van der Waals surface area contributed by atoms with Gasteiger partial charge in [0.15, 0.2) is 23.6 Å². The molecule has 0 bridgehead atoms. The quantitative estimate of drug-likeness (QED) is 0.743. The number of aryl methyl sites for hydroxylation is 1. The third kappa shape index (κ3) is 1.42. The summed E-state index contributed by atoms with van der Waals surface area (Å²) >= 11 is 3.36. The van der Waals surface area contributed by atoms with Crippen molar-refractivity contribution in [3.8, 4) is 11.6 Å². The normalized spacial score (nSPS) is 11.1. The first-order chi connectivity index (χ1) is 7.74. The molecule has 0 atom stereocenters. The van der Waals surface area contributed by atoms with Gasteiger partial charge in [0.05, 0.1) is 11.2 Å². The van der Waals surface area contributed by atoms with Crippen LogP contribution in [0.5, 0.6) is 0 Å². The van der Waals surface area contributed by atoms with Gasteiger partial charge < -0.3 is 9.40 Å². The van der Waals surface area contributed by atoms with Crippen LogP contribution in [0, 0.1) is 6.92 Å². The van der Waals surface area contributed by atoms with Crippen molar-refractivity contribution in [2.45, 2.75) is 6.92 Å². The second-order valence-corrected chi connectivity index (χ2v) is 4.29. The lowest BCUT2D eigenvalue weighted by atomic mass is 10.3. The maximum atomic E-state index is 5.27. The van der Waals surface area contributed by atoms with Gasteiger partial charge in [0, 0.05) is 10.7 Å². The maximum absolute atomic E-state index is 5.27. The number of aromatic amines is 1. The highest BCUT2D eigenvalue weighted by Gasteiger charge is 2.12. The van der Waals surface area contributed by atoms with E-state index in [1.165, 1.54) is 6.39 Å². The molecule has 3 heterocycles. The van der Waals surface area contributed by atoms with Gasteiger partial charge in [-0.05, 0) is 28.9 Å². The molecule has 0 amide bonds. The van der Waals surface area contributed by atoms with Gasteiger partial charge in [-0.1, -0.05) is 0 Å². The number of H-pyrrole nitrogens is 1. The fourth-order valence-corrected chi connectivity index (χ4v) is 1.84. The Morgan fingerprint density at radius 1 is 1.38 bits per heavy atom. The van der Waals surface area contributed by atoms with E-state index in [9.17, 15) is 0 Å². The standard InChI is InChI=1S/C10H7BrN4O/c1-5-8(16-4-13-5)10-14-7-2-6(11)3-12-9(7)15-10/h2-4H,1H3,(H,12,14,15). The van der Waals surface area contributed by atoms with Crippen molar-refractivity contribution in [2.75, 3.05) is 0 Å². The Balaban J connectivity index is 2.23. The molecule has 1 N–H and O–H groups in total. The smallest absolute Gasteiger partial charge is 0.192 e. The predicted molar refractivity (Wildman–Crippen MR) is 61.8 cm³/mol. The van der Waals surface area contributed by atoms with Gasteiger partial charge in [0.1, 0.15) is 0 Å². The Hall–Kier alpha value is -1.69. The largest absolute Gasteiger partial charge is 0.440 e. The van der Waals surface area contributed by atoms with E-state index in [0.29, 0.717) is 17.2 Å². The Labute approximate surface area is 99.1 Å². The second-order valence-electron chi connectivity index (χ2n) is 3.38. The van der Waals surface area contributed by atoms with Crippen molar-refractivity contribution in [1.82, 2.24) is 19.9 Å². The molecule has 0 saturated heterocycles. The van der Waals surface area contributed by atoms with E-state index < -0.39 is 0 Å². The number of nitrogens with one attached hydrogen (secondary N) is 1. The van der Waals surface area contributed by atoms with Crippen LogP contribution in [0.15, 0.2) is 27.5 Å². The van der Waals surface area contributed by atoms with Crippen LogP contribution >= 0.6 is 15.9 Å². The number of hydrogen-bond donors (Lipinski definition) is 1. The monoisotopic (exact) mass is 278 g/mol. The van der Waals surface area contributed by atoms with Gasteiger partial charge in [-0.15, -0.1) is 0 Å². The molecule has 0 aromatic carbocycles. The van der Waals surface area contributed by atoms with Crippen LogP contribution in [-0.4, -0.2) is 19.9 Å². The molecule has 16 heavy (non-hydrogen) atoms. The second kappa shape index (κ2) is 3.41. The van der Waals surface area contributed by atoms with Crippen molar-refractivity contribution in [2.24, 2.45) is 0 Å². The van der Waals surface area contributed by atoms with Crippen LogP contribution < -0.4 is 0 Å². The molecule has 3 rings (SSSR count). The van der Waals surface area contributed by atoms with Crippen molar-refractivity contribution < 1.29 is 4.42 Å². The number of pyridine rings is 1. The summed E-state index contributed by atoms with van der Waals surface area (Å²) in [5.41, 5.74) is 2.33. The van der Waals surface area contributed by atoms with E-state index in [1.54, 1.807) is 6.20 Å². The molecule has 0 saturated carbocycles. The summed E-state index contributed by atoms with van der Waals surface area (Å²) in [7, 11) is 0. The molecule has 3 aromatic rings. The molecule has 80 valence electrons. The Kier molecular flexibility index (Phi) is 2.03. The molecule has 0 aliphatic heterocycles. The third-order valence-corrected chi connectivity index (χ3v) is 2.70. The molecule has 0 spiro atoms. The van der Waals surface area contributed by atoms with Crippen molar-refractivity contribution in [3.63, 3.8) is 0 Å². The molecule has 6 heteroatoms. The summed E-state index contributed by atoms with van der Waals surface area (Å²) < 4.78 is 6.17. The van der Waals surface area contributed by atoms with Crippen LogP contribution in [0.4, 0.5) is 0 Å². The minimum Gasteiger partial charge on any atom is -0.440 e. The number of aromatic nitrogens is 4. The minimum atomic E-state index is 0.647. The molecule has 3 aromatic heterocycles. The molecule has 0 fully saturated rings. The zero-order valence-electron chi connectivity index (χ0n) is 8.36. The average Bonchev–Trinajstić information content (AvgIpc) is 2.82. The van der Waals surface area contributed by atoms with E-state index >= 15 is 0 Å². The number of rotatable bonds is 1. The van der Waals surface area contributed by atoms with Gasteiger partial charge in [0.2, 0.25) is 0 Å². The molecular formula is C10H7BrN4O. The van der Waals surface area contributed by atoms with Crippen molar-refractivity contribution in [3.05, 3.63) is 28.8 Å². The van der Waals surface area contributed by atoms with E-state index in [4.69, 9.17) is 4.42 Å². The molecule has 0 aliphatic rings. The number of halogens is 1. The first-order valence-corrected chi connectivity index (χ1v) is 5.45. The Bertz CT molecular complexity index is 658. The van der Waals surface area contributed by atoms with Crippen LogP contribution in [0.25, 0.3) is 22.7 Å². The van der Waals surface area contributed by atoms with Gasteiger partial charge in [-0.2, -0.15) is 0 Å². The van der Waals surface area contributed by atoms with Gasteiger partial charge in [0.25, 0.3) is 0 Å². The number of nitrogens with zero attached hydrogens (tertiary/aromatic N) is 3. The summed E-state index contributed by atoms with van der Waals surface area (Å²) in [4.78, 5) is 15.7. The first-order valence-electron chi connectivity index (χ1n) is 4.66. The highest BCUT2D eigenvalue weighted by Crippen LogP contribution is 2.23. The van der Waals surface area contributed by atoms with E-state index in [0.717, 1.165) is 15.7 Å². The minimum absolute atomic E-state index is 0.647. The third-order valence-electron chi connectivity index (χ3n) is 2.26. The molecule has 5 nitrogen and oxygen atoms in total. The summed E-state index contributed by atoms with van der Waals surface area (Å²) in [6, 6.07) is 1.92. The Morgan fingerprint density at radius 2 is 2.25 bits per heavy atom. The summed E-state index contributed by atoms with van der Waals surface area (Å²) in [6.07, 6.45) is 3.11. The number of imidazole rings is 1. The molecular weight excluding hydrogens is 272 g/mol. The molecule has 0 radical (unpaired) electrons. The zero-order valence-corrected chi connectivity index (χ0v) is 9.95. The topological polar surface area (TPSA) is 67.6 Å². The van der Waals surface area contributed by atoms with Gasteiger partial charge >= 0.3 is 0 Å². The van der Waals surface area contributed by atoms with Gasteiger partial charge in [-0.25, -0.2) is 15.0 Å². The summed E-state index contributed by atoms with van der Waals surface area (Å²) in [5.74, 6) is 1.30. The molecule has 0 aliphatic carbocycles. The predicted octanol–water partition coefficient (Wildman–Crippen LogP) is 2.68. The van der Waals surface area contributed by atoms with Crippen LogP contribution in [-0.2, 0) is 0 Å². The number of fused-ring (bicyclic) bond motifs is 1. The van der Waals surface area contributed by atoms with Crippen molar-refractivity contribution in [1.29, 1.82) is 0 Å². The zero-order chi connectivity index (χ0) is 11.1. The van der Waals surface area contributed by atoms with Gasteiger partial charge in [-0.3, -0.25) is 0 Å². The number of oxazole rings is 1. The summed E-state index contributed by atoms with van der Waals surface area (Å²) in [6.45, 7) is 1.87. The summed E-state index contributed by atoms with van der Waals surface area (Å²) in [5, 5.41) is 0. The lowest BCUT2D eigenvalue weighted by Gasteiger charge is -1.89. The number of hydrogen-bond acceptors (Lipinski definition) is 4. The highest BCUT2D eigenvalue weighted by atomic mass is 79.9. The SMILES string of the molecule is Cc1ncoc1-c1nc2ncc(Br)cc2[nH]1. The first kappa shape index (κ1) is 9.53. The molecule has 0 unspecified atom stereocenters. The van der Waals surface area contributed by atoms with Crippen LogP contribution in [0.1, 0.15) is 5.69 Å². The average molecular weight is 279 g/mol. The lowest BCUT2D eigenvalue weighted by Crippen LogP contribution is -1.80. The van der Waals surface area contributed by atoms with Crippen LogP contribution in [0.3, 0.4) is 0 Å². The lowest BCUT2D eigenvalue weighted by molar-refractivity contribution is 0.567. The van der Waals surface area contributed by atoms with E-state index in [1.807, 2.05) is 13.0 Å². The fourth-order valence-electron chi connectivity index (χ4n) is 1.51. The van der Waals surface area contributed by atoms with E-state index in [2.05, 4.69) is 35.9 Å².